The molecule has 0 aromatic heterocycles. The number of hydrogen-bond acceptors (Lipinski definition) is 4. The highest BCUT2D eigenvalue weighted by atomic mass is 16.5. The Hall–Kier alpha value is -1.32. The topological polar surface area (TPSA) is 52.6 Å². The molecule has 1 aliphatic carbocycles. The third-order valence-corrected chi connectivity index (χ3v) is 3.78. The summed E-state index contributed by atoms with van der Waals surface area (Å²) in [6.45, 7) is 4.06. The molecule has 0 amide bonds. The summed E-state index contributed by atoms with van der Waals surface area (Å²) in [5.41, 5.74) is 1.94. The molecule has 0 bridgehead atoms. The lowest BCUT2D eigenvalue weighted by molar-refractivity contribution is -0.141. The minimum Gasteiger partial charge on any atom is -0.469 e. The van der Waals surface area contributed by atoms with Crippen molar-refractivity contribution in [2.45, 2.75) is 39.5 Å². The minimum atomic E-state index is -0.222. The lowest BCUT2D eigenvalue weighted by Crippen LogP contribution is -2.19. The second-order valence-corrected chi connectivity index (χ2v) is 4.92. The van der Waals surface area contributed by atoms with Crippen LogP contribution in [0.15, 0.2) is 11.1 Å². The molecule has 0 radical (unpaired) electrons. The van der Waals surface area contributed by atoms with Crippen LogP contribution in [-0.2, 0) is 19.1 Å². The van der Waals surface area contributed by atoms with Gasteiger partial charge < -0.3 is 9.47 Å². The van der Waals surface area contributed by atoms with E-state index in [2.05, 4.69) is 11.7 Å². The number of carbonyl (C=O) groups is 2. The van der Waals surface area contributed by atoms with Crippen LogP contribution in [0.2, 0.25) is 0 Å². The zero-order chi connectivity index (χ0) is 13.7. The van der Waals surface area contributed by atoms with Gasteiger partial charge in [-0.05, 0) is 38.0 Å². The summed E-state index contributed by atoms with van der Waals surface area (Å²) < 4.78 is 9.48. The van der Waals surface area contributed by atoms with E-state index >= 15 is 0 Å². The van der Waals surface area contributed by atoms with Crippen LogP contribution in [0.3, 0.4) is 0 Å². The van der Waals surface area contributed by atoms with Crippen LogP contribution in [0.25, 0.3) is 0 Å². The predicted molar refractivity (Wildman–Crippen MR) is 67.9 cm³/mol. The fourth-order valence-electron chi connectivity index (χ4n) is 2.62. The zero-order valence-electron chi connectivity index (χ0n) is 11.6. The van der Waals surface area contributed by atoms with Gasteiger partial charge in [0.05, 0.1) is 14.2 Å². The van der Waals surface area contributed by atoms with Crippen molar-refractivity contribution in [2.24, 2.45) is 11.8 Å². The molecule has 102 valence electrons. The first-order valence-corrected chi connectivity index (χ1v) is 6.36. The van der Waals surface area contributed by atoms with Gasteiger partial charge in [-0.2, -0.15) is 0 Å². The first-order chi connectivity index (χ1) is 8.51. The van der Waals surface area contributed by atoms with E-state index in [9.17, 15) is 9.59 Å². The fraction of sp³-hybridized carbons (Fsp3) is 0.714. The van der Waals surface area contributed by atoms with Crippen molar-refractivity contribution in [1.29, 1.82) is 0 Å². The van der Waals surface area contributed by atoms with Crippen LogP contribution in [0.5, 0.6) is 0 Å². The Bertz CT molecular complexity index is 357. The monoisotopic (exact) mass is 254 g/mol. The molecule has 0 saturated carbocycles. The summed E-state index contributed by atoms with van der Waals surface area (Å²) >= 11 is 0. The van der Waals surface area contributed by atoms with E-state index < -0.39 is 0 Å². The van der Waals surface area contributed by atoms with E-state index in [-0.39, 0.29) is 23.8 Å². The molecular formula is C14H22O4. The lowest BCUT2D eigenvalue weighted by Gasteiger charge is -2.21. The van der Waals surface area contributed by atoms with E-state index in [1.54, 1.807) is 0 Å². The maximum absolute atomic E-state index is 11.8. The third-order valence-electron chi connectivity index (χ3n) is 3.78. The molecule has 4 nitrogen and oxygen atoms in total. The molecule has 0 aliphatic heterocycles. The van der Waals surface area contributed by atoms with Crippen molar-refractivity contribution in [2.75, 3.05) is 14.2 Å². The average Bonchev–Trinajstić information content (AvgIpc) is 2.76. The summed E-state index contributed by atoms with van der Waals surface area (Å²) in [6, 6.07) is 0. The number of carbonyl (C=O) groups excluding carboxylic acids is 2. The normalized spacial score (nSPS) is 20.8. The first kappa shape index (κ1) is 14.7. The predicted octanol–water partition coefficient (Wildman–Crippen LogP) is 2.48. The third kappa shape index (κ3) is 3.34. The van der Waals surface area contributed by atoms with Crippen molar-refractivity contribution in [3.8, 4) is 0 Å². The van der Waals surface area contributed by atoms with Crippen LogP contribution in [0.4, 0.5) is 0 Å². The number of hydrogen-bond donors (Lipinski definition) is 0. The van der Waals surface area contributed by atoms with Crippen LogP contribution < -0.4 is 0 Å². The van der Waals surface area contributed by atoms with Crippen molar-refractivity contribution in [3.05, 3.63) is 11.1 Å². The van der Waals surface area contributed by atoms with Gasteiger partial charge in [0, 0.05) is 12.0 Å². The van der Waals surface area contributed by atoms with Gasteiger partial charge in [0.2, 0.25) is 0 Å². The standard InChI is InChI=1S/C14H22O4/c1-9(6-8-12(15)17-3)11-7-5-10(2)13(11)14(16)18-4/h9,11H,5-8H2,1-4H3/t9-,11-/m0/s1. The zero-order valence-corrected chi connectivity index (χ0v) is 11.6. The van der Waals surface area contributed by atoms with Gasteiger partial charge in [0.25, 0.3) is 0 Å². The Morgan fingerprint density at radius 2 is 2.00 bits per heavy atom. The summed E-state index contributed by atoms with van der Waals surface area (Å²) in [6.07, 6.45) is 3.06. The molecule has 0 heterocycles. The first-order valence-electron chi connectivity index (χ1n) is 6.36. The molecule has 0 saturated heterocycles. The van der Waals surface area contributed by atoms with Gasteiger partial charge in [-0.15, -0.1) is 0 Å². The molecule has 1 rings (SSSR count). The van der Waals surface area contributed by atoms with E-state index in [1.165, 1.54) is 14.2 Å². The van der Waals surface area contributed by atoms with Crippen LogP contribution in [0, 0.1) is 11.8 Å². The molecule has 0 spiro atoms. The minimum absolute atomic E-state index is 0.194. The number of ether oxygens (including phenoxy) is 2. The van der Waals surface area contributed by atoms with Gasteiger partial charge in [0.15, 0.2) is 0 Å². The van der Waals surface area contributed by atoms with Crippen molar-refractivity contribution in [3.63, 3.8) is 0 Å². The maximum Gasteiger partial charge on any atom is 0.333 e. The highest BCUT2D eigenvalue weighted by Gasteiger charge is 2.33. The molecule has 0 aromatic carbocycles. The highest BCUT2D eigenvalue weighted by Crippen LogP contribution is 2.38. The number of rotatable bonds is 5. The van der Waals surface area contributed by atoms with Gasteiger partial charge in [-0.3, -0.25) is 4.79 Å². The number of esters is 2. The van der Waals surface area contributed by atoms with Gasteiger partial charge in [-0.25, -0.2) is 4.79 Å². The van der Waals surface area contributed by atoms with Crippen molar-refractivity contribution >= 4 is 11.9 Å². The molecule has 0 N–H and O–H groups in total. The molecule has 0 unspecified atom stereocenters. The molecule has 18 heavy (non-hydrogen) atoms. The smallest absolute Gasteiger partial charge is 0.333 e. The van der Waals surface area contributed by atoms with Crippen LogP contribution in [-0.4, -0.2) is 26.2 Å². The van der Waals surface area contributed by atoms with Gasteiger partial charge in [0.1, 0.15) is 0 Å². The molecule has 2 atom stereocenters. The van der Waals surface area contributed by atoms with Gasteiger partial charge in [-0.1, -0.05) is 12.5 Å². The number of methoxy groups -OCH3 is 2. The SMILES string of the molecule is COC(=O)CC[C@H](C)[C@@H]1CCC(C)=C1C(=O)OC. The Morgan fingerprint density at radius 3 is 2.56 bits per heavy atom. The van der Waals surface area contributed by atoms with E-state index in [0.29, 0.717) is 6.42 Å². The summed E-state index contributed by atoms with van der Waals surface area (Å²) in [7, 11) is 2.81. The molecule has 0 aromatic rings. The molecule has 0 fully saturated rings. The summed E-state index contributed by atoms with van der Waals surface area (Å²) in [4.78, 5) is 22.9. The molecular weight excluding hydrogens is 232 g/mol. The average molecular weight is 254 g/mol. The number of allylic oxidation sites excluding steroid dienone is 1. The highest BCUT2D eigenvalue weighted by molar-refractivity contribution is 5.90. The Balaban J connectivity index is 2.65. The maximum atomic E-state index is 11.8. The van der Waals surface area contributed by atoms with Crippen LogP contribution in [0.1, 0.15) is 39.5 Å². The van der Waals surface area contributed by atoms with Crippen molar-refractivity contribution in [1.82, 2.24) is 0 Å². The fourth-order valence-corrected chi connectivity index (χ4v) is 2.62. The second-order valence-electron chi connectivity index (χ2n) is 4.92. The van der Waals surface area contributed by atoms with Gasteiger partial charge >= 0.3 is 11.9 Å². The molecule has 1 aliphatic rings. The molecule has 4 heteroatoms. The van der Waals surface area contributed by atoms with E-state index in [4.69, 9.17) is 4.74 Å². The Kier molecular flexibility index (Phi) is 5.38. The second kappa shape index (κ2) is 6.57. The summed E-state index contributed by atoms with van der Waals surface area (Å²) in [5, 5.41) is 0. The quantitative estimate of drug-likeness (QED) is 0.707. The van der Waals surface area contributed by atoms with E-state index in [1.807, 2.05) is 6.92 Å². The Labute approximate surface area is 108 Å². The largest absolute Gasteiger partial charge is 0.469 e. The summed E-state index contributed by atoms with van der Waals surface area (Å²) in [5.74, 6) is 0.0813. The van der Waals surface area contributed by atoms with Crippen LogP contribution >= 0.6 is 0 Å². The Morgan fingerprint density at radius 1 is 1.33 bits per heavy atom. The van der Waals surface area contributed by atoms with Crippen molar-refractivity contribution < 1.29 is 19.1 Å². The van der Waals surface area contributed by atoms with E-state index in [0.717, 1.165) is 30.4 Å². The lowest BCUT2D eigenvalue weighted by atomic mass is 9.85.